The molecule has 1 aromatic heterocycles. The van der Waals surface area contributed by atoms with E-state index in [4.69, 9.17) is 4.42 Å². The maximum Gasteiger partial charge on any atom is 0.0952 e. The molecule has 0 bridgehead atoms. The Hall–Kier alpha value is -1.26. The lowest BCUT2D eigenvalue weighted by Gasteiger charge is -2.21. The summed E-state index contributed by atoms with van der Waals surface area (Å²) in [6.45, 7) is 2.54. The highest BCUT2D eigenvalue weighted by atomic mass is 79.9. The summed E-state index contributed by atoms with van der Waals surface area (Å²) in [6, 6.07) is 7.85. The van der Waals surface area contributed by atoms with E-state index in [1.54, 1.807) is 19.5 Å². The molecule has 0 aliphatic rings. The maximum atomic E-state index is 9.54. The molecule has 2 aromatic rings. The first-order chi connectivity index (χ1) is 8.58. The van der Waals surface area contributed by atoms with Gasteiger partial charge in [0.05, 0.1) is 24.3 Å². The van der Waals surface area contributed by atoms with Crippen LogP contribution < -0.4 is 4.90 Å². The molecule has 18 heavy (non-hydrogen) atoms. The third-order valence-electron chi connectivity index (χ3n) is 2.87. The predicted molar refractivity (Wildman–Crippen MR) is 75.6 cm³/mol. The van der Waals surface area contributed by atoms with Gasteiger partial charge in [0, 0.05) is 23.6 Å². The van der Waals surface area contributed by atoms with Gasteiger partial charge >= 0.3 is 0 Å². The lowest BCUT2D eigenvalue weighted by Crippen LogP contribution is -2.16. The predicted octanol–water partition coefficient (Wildman–Crippen LogP) is 3.73. The van der Waals surface area contributed by atoms with Gasteiger partial charge in [0.2, 0.25) is 0 Å². The van der Waals surface area contributed by atoms with E-state index in [0.717, 1.165) is 27.8 Å². The first-order valence-electron chi connectivity index (χ1n) is 5.77. The molecule has 0 saturated carbocycles. The second kappa shape index (κ2) is 5.59. The Morgan fingerprint density at radius 2 is 2.17 bits per heavy atom. The van der Waals surface area contributed by atoms with Gasteiger partial charge in [0.25, 0.3) is 0 Å². The highest BCUT2D eigenvalue weighted by molar-refractivity contribution is 9.10. The van der Waals surface area contributed by atoms with Crippen molar-refractivity contribution in [2.24, 2.45) is 0 Å². The number of rotatable bonds is 4. The van der Waals surface area contributed by atoms with Crippen LogP contribution in [0.4, 0.5) is 5.69 Å². The minimum atomic E-state index is -0.450. The van der Waals surface area contributed by atoms with Crippen molar-refractivity contribution < 1.29 is 9.52 Å². The van der Waals surface area contributed by atoms with Crippen LogP contribution in [0.3, 0.4) is 0 Å². The molecule has 0 aliphatic carbocycles. The summed E-state index contributed by atoms with van der Waals surface area (Å²) in [5, 5.41) is 9.54. The zero-order valence-electron chi connectivity index (χ0n) is 10.4. The van der Waals surface area contributed by atoms with Crippen molar-refractivity contribution in [1.82, 2.24) is 0 Å². The van der Waals surface area contributed by atoms with Gasteiger partial charge in [-0.2, -0.15) is 0 Å². The van der Waals surface area contributed by atoms with E-state index in [-0.39, 0.29) is 0 Å². The lowest BCUT2D eigenvalue weighted by molar-refractivity contribution is 0.199. The second-order valence-electron chi connectivity index (χ2n) is 4.37. The minimum Gasteiger partial charge on any atom is -0.472 e. The number of benzene rings is 1. The zero-order chi connectivity index (χ0) is 13.1. The number of aliphatic hydroxyl groups excluding tert-OH is 1. The lowest BCUT2D eigenvalue weighted by atomic mass is 10.1. The summed E-state index contributed by atoms with van der Waals surface area (Å²) in [6.07, 6.45) is 2.97. The molecule has 0 unspecified atom stereocenters. The topological polar surface area (TPSA) is 36.6 Å². The van der Waals surface area contributed by atoms with Crippen molar-refractivity contribution in [3.05, 3.63) is 52.4 Å². The summed E-state index contributed by atoms with van der Waals surface area (Å²) < 4.78 is 6.04. The summed E-state index contributed by atoms with van der Waals surface area (Å²) in [5.41, 5.74) is 3.12. The molecule has 0 fully saturated rings. The SMILES string of the molecule is C[C@@H](O)c1ccc(N(C)Cc2ccoc2)c(Br)c1. The van der Waals surface area contributed by atoms with Crippen LogP contribution in [0.15, 0.2) is 45.7 Å². The largest absolute Gasteiger partial charge is 0.472 e. The zero-order valence-corrected chi connectivity index (χ0v) is 12.0. The average Bonchev–Trinajstić information content (AvgIpc) is 2.81. The van der Waals surface area contributed by atoms with Crippen LogP contribution in [-0.2, 0) is 6.54 Å². The Bertz CT molecular complexity index is 509. The molecule has 1 aromatic carbocycles. The van der Waals surface area contributed by atoms with Crippen molar-refractivity contribution in [1.29, 1.82) is 0 Å². The van der Waals surface area contributed by atoms with Gasteiger partial charge in [0.1, 0.15) is 0 Å². The molecule has 0 spiro atoms. The summed E-state index contributed by atoms with van der Waals surface area (Å²) >= 11 is 3.54. The average molecular weight is 310 g/mol. The van der Waals surface area contributed by atoms with Crippen LogP contribution >= 0.6 is 15.9 Å². The number of halogens is 1. The Balaban J connectivity index is 2.17. The molecule has 1 N–H and O–H groups in total. The van der Waals surface area contributed by atoms with E-state index in [0.29, 0.717) is 0 Å². The second-order valence-corrected chi connectivity index (χ2v) is 5.23. The van der Waals surface area contributed by atoms with E-state index >= 15 is 0 Å². The third kappa shape index (κ3) is 2.94. The summed E-state index contributed by atoms with van der Waals surface area (Å²) in [5.74, 6) is 0. The van der Waals surface area contributed by atoms with Crippen molar-refractivity contribution in [3.8, 4) is 0 Å². The maximum absolute atomic E-state index is 9.54. The van der Waals surface area contributed by atoms with Gasteiger partial charge in [-0.25, -0.2) is 0 Å². The third-order valence-corrected chi connectivity index (χ3v) is 3.50. The van der Waals surface area contributed by atoms with Crippen LogP contribution in [-0.4, -0.2) is 12.2 Å². The number of aliphatic hydroxyl groups is 1. The van der Waals surface area contributed by atoms with E-state index in [1.165, 1.54) is 0 Å². The van der Waals surface area contributed by atoms with Crippen LogP contribution in [0, 0.1) is 0 Å². The van der Waals surface area contributed by atoms with E-state index < -0.39 is 6.10 Å². The minimum absolute atomic E-state index is 0.450. The van der Waals surface area contributed by atoms with Crippen LogP contribution in [0.5, 0.6) is 0 Å². The van der Waals surface area contributed by atoms with E-state index in [9.17, 15) is 5.11 Å². The fourth-order valence-corrected chi connectivity index (χ4v) is 2.53. The number of anilines is 1. The fraction of sp³-hybridized carbons (Fsp3) is 0.286. The highest BCUT2D eigenvalue weighted by Gasteiger charge is 2.09. The molecular weight excluding hydrogens is 294 g/mol. The molecule has 2 rings (SSSR count). The quantitative estimate of drug-likeness (QED) is 0.935. The number of nitrogens with zero attached hydrogens (tertiary/aromatic N) is 1. The molecule has 4 heteroatoms. The molecule has 1 heterocycles. The monoisotopic (exact) mass is 309 g/mol. The van der Waals surface area contributed by atoms with Gasteiger partial charge < -0.3 is 14.4 Å². The number of hydrogen-bond donors (Lipinski definition) is 1. The molecule has 0 aliphatic heterocycles. The van der Waals surface area contributed by atoms with E-state index in [2.05, 4.69) is 20.8 Å². The Kier molecular flexibility index (Phi) is 4.09. The molecule has 1 atom stereocenters. The number of furan rings is 1. The highest BCUT2D eigenvalue weighted by Crippen LogP contribution is 2.29. The summed E-state index contributed by atoms with van der Waals surface area (Å²) in [4.78, 5) is 2.13. The van der Waals surface area contributed by atoms with Gasteiger partial charge in [-0.3, -0.25) is 0 Å². The van der Waals surface area contributed by atoms with Crippen LogP contribution in [0.1, 0.15) is 24.2 Å². The van der Waals surface area contributed by atoms with Crippen molar-refractivity contribution >= 4 is 21.6 Å². The molecule has 3 nitrogen and oxygen atoms in total. The van der Waals surface area contributed by atoms with Gasteiger partial charge in [0.15, 0.2) is 0 Å². The van der Waals surface area contributed by atoms with Gasteiger partial charge in [-0.05, 0) is 46.6 Å². The Labute approximate surface area is 115 Å². The molecule has 0 amide bonds. The van der Waals surface area contributed by atoms with Crippen molar-refractivity contribution in [2.45, 2.75) is 19.6 Å². The van der Waals surface area contributed by atoms with Crippen molar-refractivity contribution in [3.63, 3.8) is 0 Å². The molecule has 0 radical (unpaired) electrons. The first kappa shape index (κ1) is 13.2. The number of hydrogen-bond acceptors (Lipinski definition) is 3. The van der Waals surface area contributed by atoms with Gasteiger partial charge in [-0.1, -0.05) is 6.07 Å². The fourth-order valence-electron chi connectivity index (χ4n) is 1.83. The Morgan fingerprint density at radius 1 is 1.39 bits per heavy atom. The summed E-state index contributed by atoms with van der Waals surface area (Å²) in [7, 11) is 2.02. The molecule has 0 saturated heterocycles. The Morgan fingerprint density at radius 3 is 2.72 bits per heavy atom. The van der Waals surface area contributed by atoms with Crippen molar-refractivity contribution in [2.75, 3.05) is 11.9 Å². The smallest absolute Gasteiger partial charge is 0.0952 e. The van der Waals surface area contributed by atoms with Crippen LogP contribution in [0.2, 0.25) is 0 Å². The van der Waals surface area contributed by atoms with Gasteiger partial charge in [-0.15, -0.1) is 0 Å². The first-order valence-corrected chi connectivity index (χ1v) is 6.57. The molecular formula is C14H16BrNO2. The molecule has 96 valence electrons. The normalized spacial score (nSPS) is 12.4. The van der Waals surface area contributed by atoms with Crippen LogP contribution in [0.25, 0.3) is 0 Å². The van der Waals surface area contributed by atoms with E-state index in [1.807, 2.05) is 31.3 Å². The standard InChI is InChI=1S/C14H16BrNO2/c1-10(17)12-3-4-14(13(15)7-12)16(2)8-11-5-6-18-9-11/h3-7,9-10,17H,8H2,1-2H3/t10-/m1/s1.